The minimum absolute atomic E-state index is 0.0285. The van der Waals surface area contributed by atoms with Gasteiger partial charge in [-0.2, -0.15) is 4.98 Å². The number of carbonyl (C=O) groups excluding carboxylic acids is 1. The number of anilines is 1. The molecule has 3 rings (SSSR count). The van der Waals surface area contributed by atoms with E-state index >= 15 is 0 Å². The van der Waals surface area contributed by atoms with Crippen molar-refractivity contribution < 1.29 is 9.53 Å². The van der Waals surface area contributed by atoms with E-state index in [2.05, 4.69) is 60.7 Å². The van der Waals surface area contributed by atoms with Gasteiger partial charge in [0.2, 0.25) is 11.9 Å². The normalized spacial score (nSPS) is 12.0. The second kappa shape index (κ2) is 13.6. The zero-order chi connectivity index (χ0) is 25.0. The van der Waals surface area contributed by atoms with Crippen LogP contribution in [0, 0.1) is 12.8 Å². The van der Waals surface area contributed by atoms with Gasteiger partial charge in [-0.25, -0.2) is 9.97 Å². The van der Waals surface area contributed by atoms with Crippen molar-refractivity contribution in [3.63, 3.8) is 0 Å². The fourth-order valence-electron chi connectivity index (χ4n) is 3.74. The van der Waals surface area contributed by atoms with Crippen LogP contribution in [-0.4, -0.2) is 51.2 Å². The molecule has 0 saturated heterocycles. The van der Waals surface area contributed by atoms with Crippen molar-refractivity contribution >= 4 is 11.7 Å². The fourth-order valence-corrected chi connectivity index (χ4v) is 3.74. The second-order valence-corrected chi connectivity index (χ2v) is 9.17. The van der Waals surface area contributed by atoms with Gasteiger partial charge in [-0.1, -0.05) is 43.7 Å². The van der Waals surface area contributed by atoms with Gasteiger partial charge in [0.1, 0.15) is 18.2 Å². The minimum Gasteiger partial charge on any atom is -0.382 e. The van der Waals surface area contributed by atoms with Crippen molar-refractivity contribution in [2.75, 3.05) is 25.1 Å². The van der Waals surface area contributed by atoms with Crippen molar-refractivity contribution in [1.29, 1.82) is 0 Å². The van der Waals surface area contributed by atoms with Gasteiger partial charge in [0, 0.05) is 43.9 Å². The van der Waals surface area contributed by atoms with E-state index in [-0.39, 0.29) is 5.91 Å². The third kappa shape index (κ3) is 8.79. The number of hydrogen-bond donors (Lipinski definition) is 2. The molecule has 2 aromatic heterocycles. The Morgan fingerprint density at radius 2 is 1.94 bits per heavy atom. The predicted molar refractivity (Wildman–Crippen MR) is 139 cm³/mol. The van der Waals surface area contributed by atoms with Gasteiger partial charge in [-0.15, -0.1) is 0 Å². The molecule has 35 heavy (non-hydrogen) atoms. The molecule has 8 heteroatoms. The molecule has 8 nitrogen and oxygen atoms in total. The third-order valence-corrected chi connectivity index (χ3v) is 5.61. The van der Waals surface area contributed by atoms with E-state index in [0.29, 0.717) is 43.9 Å². The van der Waals surface area contributed by atoms with E-state index in [1.807, 2.05) is 19.2 Å². The average molecular weight is 479 g/mol. The van der Waals surface area contributed by atoms with Crippen LogP contribution in [0.3, 0.4) is 0 Å². The highest BCUT2D eigenvalue weighted by molar-refractivity contribution is 5.84. The maximum atomic E-state index is 13.0. The van der Waals surface area contributed by atoms with Crippen LogP contribution in [0.4, 0.5) is 5.82 Å². The molecule has 0 radical (unpaired) electrons. The number of hydrogen-bond acceptors (Lipinski definition) is 6. The molecule has 0 aliphatic rings. The number of benzene rings is 1. The molecular weight excluding hydrogens is 440 g/mol. The van der Waals surface area contributed by atoms with E-state index in [4.69, 9.17) is 14.7 Å². The van der Waals surface area contributed by atoms with Crippen LogP contribution in [0.5, 0.6) is 0 Å². The summed E-state index contributed by atoms with van der Waals surface area (Å²) in [5, 5.41) is 6.42. The molecule has 0 aliphatic heterocycles. The topological polar surface area (TPSA) is 94.0 Å². The number of ether oxygens (including phenoxy) is 1. The second-order valence-electron chi connectivity index (χ2n) is 9.17. The Hall–Kier alpha value is -3.26. The van der Waals surface area contributed by atoms with E-state index in [0.717, 1.165) is 25.0 Å². The largest absolute Gasteiger partial charge is 0.382 e. The summed E-state index contributed by atoms with van der Waals surface area (Å²) in [6, 6.07) is 10.1. The first kappa shape index (κ1) is 26.3. The first-order chi connectivity index (χ1) is 16.9. The Morgan fingerprint density at radius 3 is 2.63 bits per heavy atom. The molecule has 0 bridgehead atoms. The first-order valence-corrected chi connectivity index (χ1v) is 12.5. The van der Waals surface area contributed by atoms with Crippen LogP contribution >= 0.6 is 0 Å². The fraction of sp³-hybridized carbons (Fsp3) is 0.481. The van der Waals surface area contributed by atoms with Crippen LogP contribution in [0.25, 0.3) is 5.95 Å². The Kier molecular flexibility index (Phi) is 10.2. The van der Waals surface area contributed by atoms with Crippen LogP contribution in [0.2, 0.25) is 0 Å². The molecule has 188 valence electrons. The summed E-state index contributed by atoms with van der Waals surface area (Å²) in [6.45, 7) is 10.2. The summed E-state index contributed by atoms with van der Waals surface area (Å²) in [6.07, 6.45) is 8.32. The van der Waals surface area contributed by atoms with Gasteiger partial charge in [-0.3, -0.25) is 9.36 Å². The van der Waals surface area contributed by atoms with Gasteiger partial charge in [0.05, 0.1) is 0 Å². The Bertz CT molecular complexity index is 1030. The molecule has 1 amide bonds. The van der Waals surface area contributed by atoms with Gasteiger partial charge in [0.25, 0.3) is 0 Å². The van der Waals surface area contributed by atoms with E-state index in [1.165, 1.54) is 11.1 Å². The number of rotatable bonds is 14. The van der Waals surface area contributed by atoms with E-state index in [9.17, 15) is 4.79 Å². The lowest BCUT2D eigenvalue weighted by Crippen LogP contribution is -2.41. The number of nitrogens with zero attached hydrogens (tertiary/aromatic N) is 4. The molecule has 0 aliphatic carbocycles. The quantitative estimate of drug-likeness (QED) is 0.339. The number of aryl methyl sites for hydroxylation is 3. The number of nitrogens with one attached hydrogen (secondary N) is 2. The molecule has 2 heterocycles. The molecular formula is C27H38N6O2. The SMILES string of the molecule is CCOCCCNC(=O)[C@H](CC(C)C)Nc1cc(CCc2ccc(C)cc2)nc(-n2ccnc2)n1. The summed E-state index contributed by atoms with van der Waals surface area (Å²) >= 11 is 0. The standard InChI is InChI=1S/C27H38N6O2/c1-5-35-16-6-13-29-26(34)24(17-20(2)3)31-25-18-23(12-11-22-9-7-21(4)8-10-22)30-27(32-25)33-15-14-28-19-33/h7-10,14-15,18-20,24H,5-6,11-13,16-17H2,1-4H3,(H,29,34)(H,30,31,32)/t24-/m0/s1. The summed E-state index contributed by atoms with van der Waals surface area (Å²) in [4.78, 5) is 26.6. The minimum atomic E-state index is -0.391. The van der Waals surface area contributed by atoms with Crippen molar-refractivity contribution in [1.82, 2.24) is 24.8 Å². The van der Waals surface area contributed by atoms with Gasteiger partial charge in [-0.05, 0) is 51.0 Å². The first-order valence-electron chi connectivity index (χ1n) is 12.5. The van der Waals surface area contributed by atoms with Crippen LogP contribution in [-0.2, 0) is 22.4 Å². The summed E-state index contributed by atoms with van der Waals surface area (Å²) < 4.78 is 7.15. The molecule has 0 saturated carbocycles. The third-order valence-electron chi connectivity index (χ3n) is 5.61. The summed E-state index contributed by atoms with van der Waals surface area (Å²) in [7, 11) is 0. The molecule has 1 atom stereocenters. The number of carbonyl (C=O) groups is 1. The summed E-state index contributed by atoms with van der Waals surface area (Å²) in [5.74, 6) is 1.49. The van der Waals surface area contributed by atoms with Gasteiger partial charge >= 0.3 is 0 Å². The highest BCUT2D eigenvalue weighted by Crippen LogP contribution is 2.17. The van der Waals surface area contributed by atoms with Crippen molar-refractivity contribution in [3.05, 3.63) is 65.9 Å². The molecule has 0 spiro atoms. The zero-order valence-electron chi connectivity index (χ0n) is 21.3. The lowest BCUT2D eigenvalue weighted by atomic mass is 10.0. The average Bonchev–Trinajstić information content (AvgIpc) is 3.38. The van der Waals surface area contributed by atoms with Crippen molar-refractivity contribution in [2.24, 2.45) is 5.92 Å². The van der Waals surface area contributed by atoms with Crippen LogP contribution in [0.1, 0.15) is 50.4 Å². The number of aromatic nitrogens is 4. The van der Waals surface area contributed by atoms with E-state index < -0.39 is 6.04 Å². The van der Waals surface area contributed by atoms with Gasteiger partial charge < -0.3 is 15.4 Å². The Labute approximate surface area is 208 Å². The maximum absolute atomic E-state index is 13.0. The van der Waals surface area contributed by atoms with Crippen molar-refractivity contribution in [2.45, 2.75) is 59.4 Å². The highest BCUT2D eigenvalue weighted by atomic mass is 16.5. The maximum Gasteiger partial charge on any atom is 0.242 e. The molecule has 0 unspecified atom stereocenters. The smallest absolute Gasteiger partial charge is 0.242 e. The summed E-state index contributed by atoms with van der Waals surface area (Å²) in [5.41, 5.74) is 3.42. The van der Waals surface area contributed by atoms with Gasteiger partial charge in [0.15, 0.2) is 0 Å². The zero-order valence-corrected chi connectivity index (χ0v) is 21.3. The Morgan fingerprint density at radius 1 is 1.14 bits per heavy atom. The van der Waals surface area contributed by atoms with Crippen LogP contribution in [0.15, 0.2) is 49.1 Å². The lowest BCUT2D eigenvalue weighted by molar-refractivity contribution is -0.122. The molecule has 0 fully saturated rings. The highest BCUT2D eigenvalue weighted by Gasteiger charge is 2.21. The Balaban J connectivity index is 1.76. The lowest BCUT2D eigenvalue weighted by Gasteiger charge is -2.21. The molecule has 1 aromatic carbocycles. The van der Waals surface area contributed by atoms with Crippen molar-refractivity contribution in [3.8, 4) is 5.95 Å². The van der Waals surface area contributed by atoms with E-state index in [1.54, 1.807) is 17.1 Å². The predicted octanol–water partition coefficient (Wildman–Crippen LogP) is 4.13. The number of imidazole rings is 1. The number of amides is 1. The van der Waals surface area contributed by atoms with Crippen LogP contribution < -0.4 is 10.6 Å². The molecule has 3 aromatic rings. The monoisotopic (exact) mass is 478 g/mol. The molecule has 2 N–H and O–H groups in total.